The van der Waals surface area contributed by atoms with Gasteiger partial charge in [0.25, 0.3) is 0 Å². The number of morpholine rings is 1. The van der Waals surface area contributed by atoms with Crippen LogP contribution in [0.25, 0.3) is 0 Å². The maximum absolute atomic E-state index is 13.8. The molecule has 35 heavy (non-hydrogen) atoms. The minimum Gasteiger partial charge on any atom is -0.396 e. The Morgan fingerprint density at radius 1 is 1.11 bits per heavy atom. The molecule has 4 rings (SSSR count). The van der Waals surface area contributed by atoms with E-state index in [1.807, 2.05) is 6.92 Å². The maximum Gasteiger partial charge on any atom is 0.245 e. The lowest BCUT2D eigenvalue weighted by Gasteiger charge is -2.34. The number of amides is 3. The van der Waals surface area contributed by atoms with Gasteiger partial charge >= 0.3 is 0 Å². The van der Waals surface area contributed by atoms with Crippen LogP contribution in [-0.4, -0.2) is 114 Å². The minimum absolute atomic E-state index is 0.0954. The molecule has 0 radical (unpaired) electrons. The molecule has 6 atom stereocenters. The van der Waals surface area contributed by atoms with Crippen molar-refractivity contribution in [2.45, 2.75) is 61.6 Å². The molecule has 4 heterocycles. The summed E-state index contributed by atoms with van der Waals surface area (Å²) in [6, 6.07) is -0.771. The summed E-state index contributed by atoms with van der Waals surface area (Å²) in [5.74, 6) is -1.83. The minimum atomic E-state index is -1.01. The Morgan fingerprint density at radius 2 is 1.86 bits per heavy atom. The second-order valence-electron chi connectivity index (χ2n) is 10.0. The Hall–Kier alpha value is -1.27. The van der Waals surface area contributed by atoms with Crippen LogP contribution in [0.4, 0.5) is 0 Å². The molecular formula is C24H39BrN4O6. The van der Waals surface area contributed by atoms with Gasteiger partial charge in [-0.05, 0) is 32.1 Å². The summed E-state index contributed by atoms with van der Waals surface area (Å²) in [5, 5.41) is 15.1. The fourth-order valence-electron chi connectivity index (χ4n) is 6.17. The number of alkyl halides is 1. The molecule has 11 heteroatoms. The average molecular weight is 560 g/mol. The number of halogens is 1. The number of carbonyl (C=O) groups is 3. The first-order valence-corrected chi connectivity index (χ1v) is 13.9. The lowest BCUT2D eigenvalue weighted by atomic mass is 9.70. The fraction of sp³-hybridized carbons (Fsp3) is 0.875. The molecule has 198 valence electrons. The van der Waals surface area contributed by atoms with Crippen molar-refractivity contribution >= 4 is 33.7 Å². The predicted molar refractivity (Wildman–Crippen MR) is 132 cm³/mol. The Balaban J connectivity index is 1.52. The molecule has 1 spiro atoms. The third-order valence-corrected chi connectivity index (χ3v) is 8.62. The molecule has 2 bridgehead atoms. The number of aliphatic hydroxyl groups excluding tert-OH is 1. The SMILES string of the molecule is CCCNC(=O)[C@H]1[C@@H]2OC3(CC2Br)C(C(=O)NCCN2CCOCC2)N(CCCCCO)C(=O)[C@H]13. The van der Waals surface area contributed by atoms with Crippen molar-refractivity contribution in [1.29, 1.82) is 0 Å². The first-order chi connectivity index (χ1) is 16.9. The topological polar surface area (TPSA) is 120 Å². The van der Waals surface area contributed by atoms with Crippen LogP contribution in [0.3, 0.4) is 0 Å². The summed E-state index contributed by atoms with van der Waals surface area (Å²) in [7, 11) is 0. The Bertz CT molecular complexity index is 781. The highest BCUT2D eigenvalue weighted by atomic mass is 79.9. The number of unbranched alkanes of at least 4 members (excludes halogenated alkanes) is 2. The summed E-state index contributed by atoms with van der Waals surface area (Å²) in [5.41, 5.74) is -1.01. The van der Waals surface area contributed by atoms with Gasteiger partial charge in [-0.3, -0.25) is 19.3 Å². The van der Waals surface area contributed by atoms with Crippen molar-refractivity contribution in [3.05, 3.63) is 0 Å². The second kappa shape index (κ2) is 11.9. The van der Waals surface area contributed by atoms with Gasteiger partial charge < -0.3 is 30.1 Å². The third-order valence-electron chi connectivity index (χ3n) is 7.78. The Morgan fingerprint density at radius 3 is 2.57 bits per heavy atom. The van der Waals surface area contributed by atoms with Crippen LogP contribution in [0.15, 0.2) is 0 Å². The van der Waals surface area contributed by atoms with Crippen LogP contribution in [0.5, 0.6) is 0 Å². The number of hydrogen-bond donors (Lipinski definition) is 3. The molecule has 4 fully saturated rings. The molecule has 4 saturated heterocycles. The van der Waals surface area contributed by atoms with Crippen LogP contribution >= 0.6 is 15.9 Å². The van der Waals surface area contributed by atoms with Gasteiger partial charge in [-0.2, -0.15) is 0 Å². The molecule has 0 aromatic rings. The van der Waals surface area contributed by atoms with Crippen molar-refractivity contribution in [1.82, 2.24) is 20.4 Å². The number of carbonyl (C=O) groups excluding carboxylic acids is 3. The molecule has 3 unspecified atom stereocenters. The summed E-state index contributed by atoms with van der Waals surface area (Å²) >= 11 is 3.69. The van der Waals surface area contributed by atoms with Crippen molar-refractivity contribution in [2.75, 3.05) is 59.1 Å². The first kappa shape index (κ1) is 26.8. The van der Waals surface area contributed by atoms with Crippen molar-refractivity contribution in [3.8, 4) is 0 Å². The summed E-state index contributed by atoms with van der Waals surface area (Å²) in [6.45, 7) is 7.29. The fourth-order valence-corrected chi connectivity index (χ4v) is 7.11. The molecule has 10 nitrogen and oxygen atoms in total. The van der Waals surface area contributed by atoms with E-state index in [0.29, 0.717) is 52.1 Å². The first-order valence-electron chi connectivity index (χ1n) is 13.0. The van der Waals surface area contributed by atoms with Gasteiger partial charge in [0, 0.05) is 50.7 Å². The van der Waals surface area contributed by atoms with Crippen LogP contribution in [-0.2, 0) is 23.9 Å². The van der Waals surface area contributed by atoms with Crippen LogP contribution in [0, 0.1) is 11.8 Å². The average Bonchev–Trinajstić information content (AvgIpc) is 3.44. The van der Waals surface area contributed by atoms with Crippen LogP contribution in [0.1, 0.15) is 39.0 Å². The number of nitrogens with zero attached hydrogens (tertiary/aromatic N) is 2. The van der Waals surface area contributed by atoms with Crippen LogP contribution in [0.2, 0.25) is 0 Å². The monoisotopic (exact) mass is 558 g/mol. The second-order valence-corrected chi connectivity index (χ2v) is 11.2. The zero-order valence-electron chi connectivity index (χ0n) is 20.5. The van der Waals surface area contributed by atoms with E-state index in [1.165, 1.54) is 0 Å². The van der Waals surface area contributed by atoms with Gasteiger partial charge in [0.1, 0.15) is 11.6 Å². The molecule has 0 aliphatic carbocycles. The number of rotatable bonds is 12. The molecule has 3 N–H and O–H groups in total. The van der Waals surface area contributed by atoms with E-state index in [0.717, 1.165) is 32.5 Å². The summed E-state index contributed by atoms with van der Waals surface area (Å²) in [6.07, 6.45) is 2.98. The molecular weight excluding hydrogens is 520 g/mol. The number of fused-ring (bicyclic) bond motifs is 1. The van der Waals surface area contributed by atoms with E-state index >= 15 is 0 Å². The van der Waals surface area contributed by atoms with E-state index in [9.17, 15) is 14.4 Å². The van der Waals surface area contributed by atoms with Crippen molar-refractivity contribution < 1.29 is 29.0 Å². The predicted octanol–water partition coefficient (Wildman–Crippen LogP) is -0.128. The molecule has 0 aromatic carbocycles. The number of nitrogens with one attached hydrogen (secondary N) is 2. The summed E-state index contributed by atoms with van der Waals surface area (Å²) < 4.78 is 11.9. The smallest absolute Gasteiger partial charge is 0.245 e. The number of ether oxygens (including phenoxy) is 2. The zero-order valence-corrected chi connectivity index (χ0v) is 22.1. The standard InChI is InChI=1S/C24H39BrN4O6/c1-2-6-26-21(31)17-18-23(33)29(8-4-3-5-12-30)20(24(18)15-16(25)19(17)35-24)22(32)27-7-9-28-10-13-34-14-11-28/h16-20,30H,2-15H2,1H3,(H,26,31)(H,27,32)/t16?,17-,18+,19-,20?,24?/m1/s1. The van der Waals surface area contributed by atoms with Gasteiger partial charge in [0.2, 0.25) is 17.7 Å². The van der Waals surface area contributed by atoms with Crippen molar-refractivity contribution in [2.24, 2.45) is 11.8 Å². The third kappa shape index (κ3) is 5.25. The van der Waals surface area contributed by atoms with Gasteiger partial charge in [-0.25, -0.2) is 0 Å². The largest absolute Gasteiger partial charge is 0.396 e. The zero-order chi connectivity index (χ0) is 25.0. The molecule has 0 saturated carbocycles. The van der Waals surface area contributed by atoms with E-state index in [1.54, 1.807) is 4.90 Å². The number of aliphatic hydroxyl groups is 1. The van der Waals surface area contributed by atoms with Crippen molar-refractivity contribution in [3.63, 3.8) is 0 Å². The Kier molecular flexibility index (Phi) is 9.07. The van der Waals surface area contributed by atoms with E-state index in [-0.39, 0.29) is 29.2 Å². The Labute approximate surface area is 215 Å². The van der Waals surface area contributed by atoms with E-state index in [4.69, 9.17) is 14.6 Å². The molecule has 4 aliphatic heterocycles. The number of hydrogen-bond acceptors (Lipinski definition) is 7. The normalized spacial score (nSPS) is 34.3. The highest BCUT2D eigenvalue weighted by Gasteiger charge is 2.76. The van der Waals surface area contributed by atoms with Gasteiger partial charge in [-0.15, -0.1) is 0 Å². The van der Waals surface area contributed by atoms with Gasteiger partial charge in [0.05, 0.1) is 31.2 Å². The highest BCUT2D eigenvalue weighted by Crippen LogP contribution is 2.59. The lowest BCUT2D eigenvalue weighted by Crippen LogP contribution is -2.56. The van der Waals surface area contributed by atoms with E-state index < -0.39 is 29.6 Å². The highest BCUT2D eigenvalue weighted by molar-refractivity contribution is 9.09. The molecule has 0 aromatic heterocycles. The number of likely N-dealkylation sites (tertiary alicyclic amines) is 1. The maximum atomic E-state index is 13.8. The molecule has 3 amide bonds. The lowest BCUT2D eigenvalue weighted by molar-refractivity contribution is -0.142. The van der Waals surface area contributed by atoms with E-state index in [2.05, 4.69) is 31.5 Å². The van der Waals surface area contributed by atoms with Gasteiger partial charge in [0.15, 0.2) is 0 Å². The quantitative estimate of drug-likeness (QED) is 0.225. The summed E-state index contributed by atoms with van der Waals surface area (Å²) in [4.78, 5) is 44.3. The van der Waals surface area contributed by atoms with Gasteiger partial charge in [-0.1, -0.05) is 22.9 Å². The molecule has 4 aliphatic rings. The van der Waals surface area contributed by atoms with Crippen LogP contribution < -0.4 is 10.6 Å².